The van der Waals surface area contributed by atoms with Crippen LogP contribution >= 0.6 is 0 Å². The van der Waals surface area contributed by atoms with E-state index >= 15 is 0 Å². The SMILES string of the molecule is N[C@@H](CCCCNC(=O)C1CCC=N1)C(=O)O. The van der Waals surface area contributed by atoms with E-state index in [0.717, 1.165) is 19.3 Å². The van der Waals surface area contributed by atoms with Crippen LogP contribution in [0, 0.1) is 0 Å². The number of rotatable bonds is 7. The van der Waals surface area contributed by atoms with Gasteiger partial charge < -0.3 is 16.2 Å². The Morgan fingerprint density at radius 2 is 2.29 bits per heavy atom. The van der Waals surface area contributed by atoms with Gasteiger partial charge in [0, 0.05) is 6.54 Å². The van der Waals surface area contributed by atoms with Crippen LogP contribution in [0.3, 0.4) is 0 Å². The largest absolute Gasteiger partial charge is 0.480 e. The molecule has 1 heterocycles. The molecule has 0 radical (unpaired) electrons. The number of unbranched alkanes of at least 4 members (excludes halogenated alkanes) is 1. The topological polar surface area (TPSA) is 105 Å². The summed E-state index contributed by atoms with van der Waals surface area (Å²) >= 11 is 0. The molecule has 17 heavy (non-hydrogen) atoms. The van der Waals surface area contributed by atoms with Crippen molar-refractivity contribution in [1.29, 1.82) is 0 Å². The Hall–Kier alpha value is -1.43. The number of aliphatic carboxylic acids is 1. The number of carbonyl (C=O) groups excluding carboxylic acids is 1. The van der Waals surface area contributed by atoms with Gasteiger partial charge in [0.15, 0.2) is 0 Å². The predicted molar refractivity (Wildman–Crippen MR) is 64.0 cm³/mol. The van der Waals surface area contributed by atoms with Gasteiger partial charge in [0.1, 0.15) is 12.1 Å². The van der Waals surface area contributed by atoms with Crippen LogP contribution in [0.15, 0.2) is 4.99 Å². The molecular weight excluding hydrogens is 222 g/mol. The van der Waals surface area contributed by atoms with Gasteiger partial charge in [0.25, 0.3) is 0 Å². The van der Waals surface area contributed by atoms with Crippen LogP contribution in [0.25, 0.3) is 0 Å². The van der Waals surface area contributed by atoms with Crippen LogP contribution in [0.2, 0.25) is 0 Å². The van der Waals surface area contributed by atoms with Crippen LogP contribution in [0.5, 0.6) is 0 Å². The predicted octanol–water partition coefficient (Wildman–Crippen LogP) is -0.0820. The number of amides is 1. The molecule has 0 aromatic carbocycles. The number of nitrogens with one attached hydrogen (secondary N) is 1. The third-order valence-corrected chi connectivity index (χ3v) is 2.72. The molecule has 1 unspecified atom stereocenters. The van der Waals surface area contributed by atoms with E-state index in [2.05, 4.69) is 10.3 Å². The zero-order chi connectivity index (χ0) is 12.7. The van der Waals surface area contributed by atoms with Gasteiger partial charge in [0.2, 0.25) is 5.91 Å². The number of carboxylic acids is 1. The highest BCUT2D eigenvalue weighted by Gasteiger charge is 2.18. The molecule has 6 heteroatoms. The van der Waals surface area contributed by atoms with Crippen molar-refractivity contribution in [2.45, 2.75) is 44.2 Å². The summed E-state index contributed by atoms with van der Waals surface area (Å²) in [6, 6.07) is -1.03. The molecule has 0 aliphatic carbocycles. The molecule has 0 bridgehead atoms. The summed E-state index contributed by atoms with van der Waals surface area (Å²) in [6.45, 7) is 0.553. The molecule has 0 saturated carbocycles. The molecule has 0 fully saturated rings. The second kappa shape index (κ2) is 7.01. The van der Waals surface area contributed by atoms with Crippen molar-refractivity contribution in [2.24, 2.45) is 10.7 Å². The minimum absolute atomic E-state index is 0.0405. The fourth-order valence-electron chi connectivity index (χ4n) is 1.65. The summed E-state index contributed by atoms with van der Waals surface area (Å²) in [7, 11) is 0. The van der Waals surface area contributed by atoms with Crippen LogP contribution in [-0.2, 0) is 9.59 Å². The van der Waals surface area contributed by atoms with Gasteiger partial charge in [0.05, 0.1) is 0 Å². The lowest BCUT2D eigenvalue weighted by atomic mass is 10.1. The molecule has 1 aliphatic rings. The third kappa shape index (κ3) is 4.95. The smallest absolute Gasteiger partial charge is 0.320 e. The zero-order valence-electron chi connectivity index (χ0n) is 9.76. The van der Waals surface area contributed by atoms with Gasteiger partial charge in [-0.15, -0.1) is 0 Å². The monoisotopic (exact) mass is 241 g/mol. The molecule has 0 saturated heterocycles. The molecule has 0 aromatic rings. The van der Waals surface area contributed by atoms with Crippen molar-refractivity contribution in [2.75, 3.05) is 6.54 Å². The minimum atomic E-state index is -0.977. The van der Waals surface area contributed by atoms with Crippen molar-refractivity contribution >= 4 is 18.1 Å². The van der Waals surface area contributed by atoms with E-state index in [4.69, 9.17) is 10.8 Å². The Morgan fingerprint density at radius 1 is 1.53 bits per heavy atom. The van der Waals surface area contributed by atoms with Crippen molar-refractivity contribution in [3.05, 3.63) is 0 Å². The first-order valence-corrected chi connectivity index (χ1v) is 5.89. The lowest BCUT2D eigenvalue weighted by molar-refractivity contribution is -0.138. The van der Waals surface area contributed by atoms with Crippen LogP contribution < -0.4 is 11.1 Å². The summed E-state index contributed by atoms with van der Waals surface area (Å²) in [6.07, 6.45) is 5.30. The van der Waals surface area contributed by atoms with Gasteiger partial charge in [-0.05, 0) is 38.3 Å². The number of hydrogen-bond donors (Lipinski definition) is 3. The second-order valence-electron chi connectivity index (χ2n) is 4.16. The van der Waals surface area contributed by atoms with Crippen molar-refractivity contribution in [3.63, 3.8) is 0 Å². The van der Waals surface area contributed by atoms with Crippen LogP contribution in [0.1, 0.15) is 32.1 Å². The number of hydrogen-bond acceptors (Lipinski definition) is 4. The number of carbonyl (C=O) groups is 2. The highest BCUT2D eigenvalue weighted by atomic mass is 16.4. The summed E-state index contributed by atoms with van der Waals surface area (Å²) < 4.78 is 0. The van der Waals surface area contributed by atoms with E-state index in [9.17, 15) is 9.59 Å². The average Bonchev–Trinajstić information content (AvgIpc) is 2.81. The standard InChI is InChI=1S/C11H19N3O3/c12-8(11(16)17)4-1-2-6-14-10(15)9-5-3-7-13-9/h7-9H,1-6,12H2,(H,14,15)(H,16,17)/t8-,9?/m0/s1. The Bertz CT molecular complexity index is 304. The molecule has 6 nitrogen and oxygen atoms in total. The second-order valence-corrected chi connectivity index (χ2v) is 4.16. The van der Waals surface area contributed by atoms with Gasteiger partial charge >= 0.3 is 5.97 Å². The summed E-state index contributed by atoms with van der Waals surface area (Å²) in [5.41, 5.74) is 5.35. The fraction of sp³-hybridized carbons (Fsp3) is 0.727. The van der Waals surface area contributed by atoms with Crippen LogP contribution in [-0.4, -0.2) is 41.8 Å². The molecule has 1 aliphatic heterocycles. The molecule has 1 rings (SSSR count). The van der Waals surface area contributed by atoms with Gasteiger partial charge in [-0.25, -0.2) is 0 Å². The highest BCUT2D eigenvalue weighted by molar-refractivity contribution is 5.85. The molecule has 0 aromatic heterocycles. The molecule has 0 spiro atoms. The maximum absolute atomic E-state index is 11.5. The third-order valence-electron chi connectivity index (χ3n) is 2.72. The molecule has 1 amide bonds. The quantitative estimate of drug-likeness (QED) is 0.542. The number of nitrogens with zero attached hydrogens (tertiary/aromatic N) is 1. The van der Waals surface area contributed by atoms with Crippen molar-refractivity contribution < 1.29 is 14.7 Å². The maximum atomic E-state index is 11.5. The maximum Gasteiger partial charge on any atom is 0.320 e. The fourth-order valence-corrected chi connectivity index (χ4v) is 1.65. The minimum Gasteiger partial charge on any atom is -0.480 e. The Balaban J connectivity index is 2.02. The van der Waals surface area contributed by atoms with E-state index in [-0.39, 0.29) is 11.9 Å². The molecular formula is C11H19N3O3. The highest BCUT2D eigenvalue weighted by Crippen LogP contribution is 2.07. The summed E-state index contributed by atoms with van der Waals surface area (Å²) in [5, 5.41) is 11.3. The van der Waals surface area contributed by atoms with E-state index < -0.39 is 12.0 Å². The summed E-state index contributed by atoms with van der Waals surface area (Å²) in [4.78, 5) is 26.0. The van der Waals surface area contributed by atoms with Gasteiger partial charge in [-0.1, -0.05) is 0 Å². The summed E-state index contributed by atoms with van der Waals surface area (Å²) in [5.74, 6) is -1.02. The molecule has 96 valence electrons. The van der Waals surface area contributed by atoms with Crippen molar-refractivity contribution in [1.82, 2.24) is 5.32 Å². The van der Waals surface area contributed by atoms with Gasteiger partial charge in [-0.2, -0.15) is 0 Å². The van der Waals surface area contributed by atoms with E-state index in [0.29, 0.717) is 19.4 Å². The van der Waals surface area contributed by atoms with E-state index in [1.807, 2.05) is 0 Å². The van der Waals surface area contributed by atoms with Crippen LogP contribution in [0.4, 0.5) is 0 Å². The molecule has 4 N–H and O–H groups in total. The number of carboxylic acid groups (broad SMARTS) is 1. The van der Waals surface area contributed by atoms with Gasteiger partial charge in [-0.3, -0.25) is 14.6 Å². The first-order valence-electron chi connectivity index (χ1n) is 5.89. The van der Waals surface area contributed by atoms with E-state index in [1.54, 1.807) is 6.21 Å². The lowest BCUT2D eigenvalue weighted by Crippen LogP contribution is -2.33. The van der Waals surface area contributed by atoms with E-state index in [1.165, 1.54) is 0 Å². The lowest BCUT2D eigenvalue weighted by Gasteiger charge is -2.09. The molecule has 2 atom stereocenters. The number of nitrogens with two attached hydrogens (primary N) is 1. The zero-order valence-corrected chi connectivity index (χ0v) is 9.76. The van der Waals surface area contributed by atoms with Crippen molar-refractivity contribution in [3.8, 4) is 0 Å². The Kier molecular flexibility index (Phi) is 5.62. The first kappa shape index (κ1) is 13.6. The normalized spacial score (nSPS) is 20.2. The average molecular weight is 241 g/mol. The number of aliphatic imine (C=N–C) groups is 1. The first-order chi connectivity index (χ1) is 8.11. The Labute approximate surface area is 100 Å². The Morgan fingerprint density at radius 3 is 2.88 bits per heavy atom.